The van der Waals surface area contributed by atoms with Crippen LogP contribution in [0.4, 0.5) is 0 Å². The quantitative estimate of drug-likeness (QED) is 0.786. The number of methoxy groups -OCH3 is 2. The fourth-order valence-corrected chi connectivity index (χ4v) is 2.28. The largest absolute Gasteiger partial charge is 0.496 e. The van der Waals surface area contributed by atoms with Gasteiger partial charge >= 0.3 is 5.97 Å². The zero-order chi connectivity index (χ0) is 16.3. The van der Waals surface area contributed by atoms with Crippen molar-refractivity contribution in [2.45, 2.75) is 13.8 Å². The van der Waals surface area contributed by atoms with Crippen LogP contribution in [0.1, 0.15) is 23.0 Å². The molecule has 2 heterocycles. The molecule has 0 saturated heterocycles. The van der Waals surface area contributed by atoms with Gasteiger partial charge in [0.05, 0.1) is 32.1 Å². The van der Waals surface area contributed by atoms with Gasteiger partial charge in [-0.1, -0.05) is 0 Å². The van der Waals surface area contributed by atoms with Gasteiger partial charge in [0.15, 0.2) is 5.69 Å². The van der Waals surface area contributed by atoms with Crippen molar-refractivity contribution in [2.75, 3.05) is 20.8 Å². The monoisotopic (exact) mass is 305 g/mol. The lowest BCUT2D eigenvalue weighted by atomic mass is 10.1. The molecule has 22 heavy (non-hydrogen) atoms. The van der Waals surface area contributed by atoms with Crippen molar-refractivity contribution in [1.82, 2.24) is 14.8 Å². The van der Waals surface area contributed by atoms with E-state index in [4.69, 9.17) is 14.2 Å². The molecule has 0 amide bonds. The van der Waals surface area contributed by atoms with Crippen LogP contribution in [0.3, 0.4) is 0 Å². The molecule has 118 valence electrons. The second kappa shape index (κ2) is 6.46. The normalized spacial score (nSPS) is 10.4. The van der Waals surface area contributed by atoms with E-state index in [1.165, 1.54) is 7.11 Å². The van der Waals surface area contributed by atoms with E-state index in [9.17, 15) is 4.79 Å². The third kappa shape index (κ3) is 2.74. The molecule has 0 saturated carbocycles. The molecular formula is C15H19N3O4. The van der Waals surface area contributed by atoms with E-state index >= 15 is 0 Å². The van der Waals surface area contributed by atoms with Crippen molar-refractivity contribution in [3.63, 3.8) is 0 Å². The molecule has 0 radical (unpaired) electrons. The Morgan fingerprint density at radius 2 is 2.05 bits per heavy atom. The molecule has 2 aromatic heterocycles. The van der Waals surface area contributed by atoms with Gasteiger partial charge in [0.2, 0.25) is 5.88 Å². The first-order chi connectivity index (χ1) is 10.5. The molecule has 2 rings (SSSR count). The Labute approximate surface area is 128 Å². The number of carbonyl (C=O) groups is 1. The van der Waals surface area contributed by atoms with Crippen LogP contribution in [0.2, 0.25) is 0 Å². The Hall–Kier alpha value is -2.57. The summed E-state index contributed by atoms with van der Waals surface area (Å²) in [7, 11) is 4.86. The van der Waals surface area contributed by atoms with E-state index in [0.29, 0.717) is 23.8 Å². The van der Waals surface area contributed by atoms with Gasteiger partial charge in [0.1, 0.15) is 5.75 Å². The highest BCUT2D eigenvalue weighted by Gasteiger charge is 2.23. The van der Waals surface area contributed by atoms with Gasteiger partial charge in [0, 0.05) is 24.9 Å². The number of ether oxygens (including phenoxy) is 3. The first-order valence-electron chi connectivity index (χ1n) is 6.82. The molecule has 0 aromatic carbocycles. The van der Waals surface area contributed by atoms with Crippen molar-refractivity contribution < 1.29 is 19.0 Å². The summed E-state index contributed by atoms with van der Waals surface area (Å²) >= 11 is 0. The second-order valence-corrected chi connectivity index (χ2v) is 4.59. The Morgan fingerprint density at radius 3 is 2.64 bits per heavy atom. The zero-order valence-corrected chi connectivity index (χ0v) is 13.3. The first-order valence-corrected chi connectivity index (χ1v) is 6.82. The number of hydrogen-bond donors (Lipinski definition) is 0. The summed E-state index contributed by atoms with van der Waals surface area (Å²) in [6.45, 7) is 3.88. The van der Waals surface area contributed by atoms with E-state index in [1.54, 1.807) is 38.0 Å². The fourth-order valence-electron chi connectivity index (χ4n) is 2.28. The average molecular weight is 305 g/mol. The Morgan fingerprint density at radius 1 is 1.32 bits per heavy atom. The molecule has 0 bridgehead atoms. The van der Waals surface area contributed by atoms with Gasteiger partial charge in [-0.25, -0.2) is 9.78 Å². The van der Waals surface area contributed by atoms with Gasteiger partial charge in [-0.2, -0.15) is 5.10 Å². The molecule has 0 aliphatic carbocycles. The Balaban J connectivity index is 2.56. The summed E-state index contributed by atoms with van der Waals surface area (Å²) in [5.41, 5.74) is 2.48. The third-order valence-electron chi connectivity index (χ3n) is 3.28. The van der Waals surface area contributed by atoms with Gasteiger partial charge in [0.25, 0.3) is 0 Å². The van der Waals surface area contributed by atoms with Crippen LogP contribution in [0.25, 0.3) is 11.3 Å². The summed E-state index contributed by atoms with van der Waals surface area (Å²) in [5, 5.41) is 4.25. The molecule has 0 aliphatic rings. The first kappa shape index (κ1) is 15.8. The molecular weight excluding hydrogens is 286 g/mol. The predicted molar refractivity (Wildman–Crippen MR) is 80.2 cm³/mol. The molecule has 0 unspecified atom stereocenters. The number of carbonyl (C=O) groups excluding carboxylic acids is 1. The molecule has 0 N–H and O–H groups in total. The number of hydrogen-bond acceptors (Lipinski definition) is 6. The van der Waals surface area contributed by atoms with E-state index in [1.807, 2.05) is 6.92 Å². The van der Waals surface area contributed by atoms with Gasteiger partial charge < -0.3 is 14.2 Å². The van der Waals surface area contributed by atoms with Crippen LogP contribution in [0.5, 0.6) is 11.6 Å². The van der Waals surface area contributed by atoms with Crippen LogP contribution in [-0.2, 0) is 11.8 Å². The summed E-state index contributed by atoms with van der Waals surface area (Å²) in [5.74, 6) is 0.599. The maximum atomic E-state index is 12.0. The third-order valence-corrected chi connectivity index (χ3v) is 3.28. The fraction of sp³-hybridized carbons (Fsp3) is 0.400. The van der Waals surface area contributed by atoms with Gasteiger partial charge in [-0.3, -0.25) is 4.68 Å². The number of rotatable bonds is 5. The van der Waals surface area contributed by atoms with E-state index in [0.717, 1.165) is 11.3 Å². The summed E-state index contributed by atoms with van der Waals surface area (Å²) in [6, 6.07) is 1.69. The van der Waals surface area contributed by atoms with Crippen LogP contribution >= 0.6 is 0 Å². The number of esters is 1. The van der Waals surface area contributed by atoms with Gasteiger partial charge in [-0.05, 0) is 13.8 Å². The Kier molecular flexibility index (Phi) is 4.65. The Bertz CT molecular complexity index is 694. The summed E-state index contributed by atoms with van der Waals surface area (Å²) in [6.07, 6.45) is 1.64. The SMILES string of the molecule is CCOC(=O)c1nn(C)c(-c2cnc(OC)cc2OC)c1C. The summed E-state index contributed by atoms with van der Waals surface area (Å²) in [4.78, 5) is 16.1. The summed E-state index contributed by atoms with van der Waals surface area (Å²) < 4.78 is 17.1. The van der Waals surface area contributed by atoms with E-state index in [2.05, 4.69) is 10.1 Å². The zero-order valence-electron chi connectivity index (χ0n) is 13.3. The molecule has 0 atom stereocenters. The predicted octanol–water partition coefficient (Wildman–Crippen LogP) is 1.98. The number of pyridine rings is 1. The van der Waals surface area contributed by atoms with Crippen molar-refractivity contribution in [2.24, 2.45) is 7.05 Å². The van der Waals surface area contributed by atoms with E-state index < -0.39 is 5.97 Å². The van der Waals surface area contributed by atoms with Gasteiger partial charge in [-0.15, -0.1) is 0 Å². The smallest absolute Gasteiger partial charge is 0.359 e. The molecule has 0 fully saturated rings. The topological polar surface area (TPSA) is 75.5 Å². The molecule has 7 nitrogen and oxygen atoms in total. The lowest BCUT2D eigenvalue weighted by Crippen LogP contribution is -2.07. The van der Waals surface area contributed by atoms with E-state index in [-0.39, 0.29) is 5.69 Å². The number of aromatic nitrogens is 3. The number of aryl methyl sites for hydroxylation is 1. The standard InChI is InChI=1S/C15H19N3O4/c1-6-22-15(19)13-9(2)14(18(3)17-13)10-8-16-12(21-5)7-11(10)20-4/h7-8H,6H2,1-5H3. The highest BCUT2D eigenvalue weighted by Crippen LogP contribution is 2.34. The second-order valence-electron chi connectivity index (χ2n) is 4.59. The number of nitrogens with zero attached hydrogens (tertiary/aromatic N) is 3. The molecule has 2 aromatic rings. The molecule has 0 spiro atoms. The lowest BCUT2D eigenvalue weighted by molar-refractivity contribution is 0.0517. The van der Waals surface area contributed by atoms with Crippen molar-refractivity contribution in [3.05, 3.63) is 23.5 Å². The highest BCUT2D eigenvalue weighted by molar-refractivity contribution is 5.91. The minimum Gasteiger partial charge on any atom is -0.496 e. The van der Waals surface area contributed by atoms with Crippen molar-refractivity contribution in [1.29, 1.82) is 0 Å². The lowest BCUT2D eigenvalue weighted by Gasteiger charge is -2.10. The molecule has 0 aliphatic heterocycles. The van der Waals surface area contributed by atoms with Crippen LogP contribution < -0.4 is 9.47 Å². The molecule has 7 heteroatoms. The van der Waals surface area contributed by atoms with Crippen LogP contribution in [0.15, 0.2) is 12.3 Å². The maximum Gasteiger partial charge on any atom is 0.359 e. The maximum absolute atomic E-state index is 12.0. The minimum atomic E-state index is -0.442. The average Bonchev–Trinajstić information content (AvgIpc) is 2.81. The van der Waals surface area contributed by atoms with Crippen molar-refractivity contribution in [3.8, 4) is 22.9 Å². The van der Waals surface area contributed by atoms with Crippen LogP contribution in [-0.4, -0.2) is 41.6 Å². The van der Waals surface area contributed by atoms with Crippen LogP contribution in [0, 0.1) is 6.92 Å². The van der Waals surface area contributed by atoms with Crippen molar-refractivity contribution >= 4 is 5.97 Å². The minimum absolute atomic E-state index is 0.289. The highest BCUT2D eigenvalue weighted by atomic mass is 16.5.